The van der Waals surface area contributed by atoms with Gasteiger partial charge in [-0.15, -0.1) is 0 Å². The lowest BCUT2D eigenvalue weighted by Gasteiger charge is -2.40. The minimum Gasteiger partial charge on any atom is -0.373 e. The van der Waals surface area contributed by atoms with Crippen LogP contribution in [0.2, 0.25) is 0 Å². The highest BCUT2D eigenvalue weighted by atomic mass is 19.1. The molecule has 2 aliphatic heterocycles. The zero-order valence-corrected chi connectivity index (χ0v) is 13.1. The first-order valence-electron chi connectivity index (χ1n) is 8.17. The van der Waals surface area contributed by atoms with E-state index < -0.39 is 0 Å². The van der Waals surface area contributed by atoms with Gasteiger partial charge in [0.2, 0.25) is 0 Å². The van der Waals surface area contributed by atoms with Gasteiger partial charge in [0.15, 0.2) is 0 Å². The third-order valence-corrected chi connectivity index (χ3v) is 5.09. The Kier molecular flexibility index (Phi) is 4.32. The maximum atomic E-state index is 13.3. The summed E-state index contributed by atoms with van der Waals surface area (Å²) in [5.41, 5.74) is 1.12. The summed E-state index contributed by atoms with van der Waals surface area (Å²) in [6.07, 6.45) is 3.54. The highest BCUT2D eigenvalue weighted by Crippen LogP contribution is 2.40. The lowest BCUT2D eigenvalue weighted by atomic mass is 9.83. The number of hydrogen-bond donors (Lipinski definition) is 0. The average Bonchev–Trinajstić information content (AvgIpc) is 2.83. The molecule has 0 saturated carbocycles. The molecule has 0 radical (unpaired) electrons. The van der Waals surface area contributed by atoms with Gasteiger partial charge in [0, 0.05) is 13.1 Å². The summed E-state index contributed by atoms with van der Waals surface area (Å²) in [5.74, 6) is 1.25. The van der Waals surface area contributed by atoms with Crippen molar-refractivity contribution in [3.63, 3.8) is 0 Å². The van der Waals surface area contributed by atoms with Crippen LogP contribution in [0.3, 0.4) is 0 Å². The van der Waals surface area contributed by atoms with Gasteiger partial charge in [0.1, 0.15) is 5.82 Å². The molecular formula is C18H26FNO. The van der Waals surface area contributed by atoms with Gasteiger partial charge in [-0.1, -0.05) is 26.0 Å². The fourth-order valence-electron chi connectivity index (χ4n) is 3.81. The molecule has 1 aromatic rings. The van der Waals surface area contributed by atoms with Crippen LogP contribution in [0, 0.1) is 17.7 Å². The van der Waals surface area contributed by atoms with Crippen LogP contribution in [0.15, 0.2) is 24.3 Å². The largest absolute Gasteiger partial charge is 0.373 e. The maximum Gasteiger partial charge on any atom is 0.123 e. The van der Waals surface area contributed by atoms with E-state index in [2.05, 4.69) is 18.7 Å². The van der Waals surface area contributed by atoms with Gasteiger partial charge in [-0.25, -0.2) is 4.39 Å². The molecule has 1 aromatic carbocycles. The Morgan fingerprint density at radius 2 is 2.29 bits per heavy atom. The van der Waals surface area contributed by atoms with Gasteiger partial charge >= 0.3 is 0 Å². The minimum absolute atomic E-state index is 0.0561. The van der Waals surface area contributed by atoms with E-state index in [1.807, 2.05) is 6.07 Å². The first kappa shape index (κ1) is 15.0. The second-order valence-corrected chi connectivity index (χ2v) is 7.15. The first-order valence-corrected chi connectivity index (χ1v) is 8.17. The van der Waals surface area contributed by atoms with Crippen LogP contribution in [-0.2, 0) is 11.3 Å². The van der Waals surface area contributed by atoms with Crippen LogP contribution >= 0.6 is 0 Å². The van der Waals surface area contributed by atoms with E-state index in [0.717, 1.165) is 31.8 Å². The van der Waals surface area contributed by atoms with Gasteiger partial charge in [-0.2, -0.15) is 0 Å². The number of ether oxygens (including phenoxy) is 1. The average molecular weight is 291 g/mol. The second-order valence-electron chi connectivity index (χ2n) is 7.15. The van der Waals surface area contributed by atoms with Crippen molar-refractivity contribution in [3.8, 4) is 0 Å². The van der Waals surface area contributed by atoms with Gasteiger partial charge in [-0.3, -0.25) is 4.90 Å². The van der Waals surface area contributed by atoms with Crippen molar-refractivity contribution < 1.29 is 9.13 Å². The molecule has 0 aromatic heterocycles. The summed E-state index contributed by atoms with van der Waals surface area (Å²) in [6.45, 7) is 8.40. The van der Waals surface area contributed by atoms with Gasteiger partial charge in [-0.05, 0) is 55.3 Å². The number of halogens is 1. The van der Waals surface area contributed by atoms with Gasteiger partial charge < -0.3 is 4.74 Å². The molecule has 2 fully saturated rings. The van der Waals surface area contributed by atoms with Crippen molar-refractivity contribution in [1.29, 1.82) is 0 Å². The Hall–Kier alpha value is -0.930. The maximum absolute atomic E-state index is 13.3. The number of likely N-dealkylation sites (tertiary alicyclic amines) is 1. The zero-order valence-electron chi connectivity index (χ0n) is 13.1. The van der Waals surface area contributed by atoms with E-state index in [9.17, 15) is 4.39 Å². The third kappa shape index (κ3) is 3.46. The molecule has 116 valence electrons. The molecule has 2 nitrogen and oxygen atoms in total. The van der Waals surface area contributed by atoms with Crippen molar-refractivity contribution >= 4 is 0 Å². The molecule has 3 heteroatoms. The monoisotopic (exact) mass is 291 g/mol. The Balaban J connectivity index is 1.64. The van der Waals surface area contributed by atoms with Crippen molar-refractivity contribution in [1.82, 2.24) is 4.90 Å². The third-order valence-electron chi connectivity index (χ3n) is 5.09. The number of piperidine rings is 1. The summed E-state index contributed by atoms with van der Waals surface area (Å²) in [6, 6.07) is 6.96. The number of nitrogens with zero attached hydrogens (tertiary/aromatic N) is 1. The molecular weight excluding hydrogens is 265 g/mol. The Morgan fingerprint density at radius 1 is 1.43 bits per heavy atom. The van der Waals surface area contributed by atoms with E-state index in [0.29, 0.717) is 11.8 Å². The van der Waals surface area contributed by atoms with Gasteiger partial charge in [0.25, 0.3) is 0 Å². The summed E-state index contributed by atoms with van der Waals surface area (Å²) < 4.78 is 19.5. The highest BCUT2D eigenvalue weighted by molar-refractivity contribution is 5.16. The Labute approximate surface area is 127 Å². The summed E-state index contributed by atoms with van der Waals surface area (Å²) in [7, 11) is 0. The Bertz CT molecular complexity index is 490. The molecule has 2 aliphatic rings. The van der Waals surface area contributed by atoms with Crippen LogP contribution in [0.1, 0.15) is 38.7 Å². The molecule has 2 unspecified atom stereocenters. The predicted octanol–water partition coefficient (Wildman–Crippen LogP) is 3.85. The molecule has 0 N–H and O–H groups in total. The normalized spacial score (nSPS) is 30.4. The smallest absolute Gasteiger partial charge is 0.123 e. The molecule has 21 heavy (non-hydrogen) atoms. The van der Waals surface area contributed by atoms with E-state index in [1.165, 1.54) is 25.3 Å². The van der Waals surface area contributed by atoms with Crippen molar-refractivity contribution in [2.45, 2.75) is 45.3 Å². The summed E-state index contributed by atoms with van der Waals surface area (Å²) in [4.78, 5) is 2.43. The quantitative estimate of drug-likeness (QED) is 0.838. The fourth-order valence-corrected chi connectivity index (χ4v) is 3.81. The zero-order chi connectivity index (χ0) is 14.9. The number of hydrogen-bond acceptors (Lipinski definition) is 2. The van der Waals surface area contributed by atoms with Crippen LogP contribution < -0.4 is 0 Å². The van der Waals surface area contributed by atoms with E-state index >= 15 is 0 Å². The SMILES string of the molecule is CC(C)C1COC2(CCCN(Cc3cccc(F)c3)C2)C1. The molecule has 2 atom stereocenters. The molecule has 3 rings (SSSR count). The lowest BCUT2D eigenvalue weighted by Crippen LogP contribution is -2.47. The standard InChI is InChI=1S/C18H26FNO/c1-14(2)16-10-18(21-12-16)7-4-8-20(13-18)11-15-5-3-6-17(19)9-15/h3,5-6,9,14,16H,4,7-8,10-13H2,1-2H3. The molecule has 2 saturated heterocycles. The lowest BCUT2D eigenvalue weighted by molar-refractivity contribution is -0.0536. The topological polar surface area (TPSA) is 12.5 Å². The molecule has 0 bridgehead atoms. The molecule has 0 amide bonds. The van der Waals surface area contributed by atoms with Crippen molar-refractivity contribution in [2.75, 3.05) is 19.7 Å². The van der Waals surface area contributed by atoms with E-state index in [4.69, 9.17) is 4.74 Å². The van der Waals surface area contributed by atoms with Crippen molar-refractivity contribution in [3.05, 3.63) is 35.6 Å². The van der Waals surface area contributed by atoms with E-state index in [-0.39, 0.29) is 11.4 Å². The first-order chi connectivity index (χ1) is 10.1. The fraction of sp³-hybridized carbons (Fsp3) is 0.667. The summed E-state index contributed by atoms with van der Waals surface area (Å²) >= 11 is 0. The van der Waals surface area contributed by atoms with Crippen LogP contribution in [0.25, 0.3) is 0 Å². The Morgan fingerprint density at radius 3 is 3.00 bits per heavy atom. The number of rotatable bonds is 3. The molecule has 1 spiro atoms. The van der Waals surface area contributed by atoms with Crippen LogP contribution in [0.5, 0.6) is 0 Å². The molecule has 0 aliphatic carbocycles. The van der Waals surface area contributed by atoms with Crippen molar-refractivity contribution in [2.24, 2.45) is 11.8 Å². The van der Waals surface area contributed by atoms with Crippen LogP contribution in [-0.4, -0.2) is 30.2 Å². The predicted molar refractivity (Wildman–Crippen MR) is 82.5 cm³/mol. The highest BCUT2D eigenvalue weighted by Gasteiger charge is 2.43. The van der Waals surface area contributed by atoms with E-state index in [1.54, 1.807) is 12.1 Å². The van der Waals surface area contributed by atoms with Crippen LogP contribution in [0.4, 0.5) is 4.39 Å². The minimum atomic E-state index is -0.142. The number of benzene rings is 1. The van der Waals surface area contributed by atoms with Gasteiger partial charge in [0.05, 0.1) is 12.2 Å². The molecule has 2 heterocycles. The second kappa shape index (κ2) is 6.05. The summed E-state index contributed by atoms with van der Waals surface area (Å²) in [5, 5.41) is 0.